The summed E-state index contributed by atoms with van der Waals surface area (Å²) in [5.41, 5.74) is 0.223. The van der Waals surface area contributed by atoms with Crippen LogP contribution in [0.2, 0.25) is 0 Å². The predicted octanol–water partition coefficient (Wildman–Crippen LogP) is 3.75. The van der Waals surface area contributed by atoms with Gasteiger partial charge in [0.2, 0.25) is 5.78 Å². The Morgan fingerprint density at radius 3 is 2.40 bits per heavy atom. The zero-order chi connectivity index (χ0) is 15.3. The molecule has 0 aliphatic heterocycles. The third-order valence-corrected chi connectivity index (χ3v) is 4.66. The number of carbonyl (C=O) groups excluding carboxylic acids is 1. The number of halogens is 1. The Hall–Kier alpha value is -0.680. The highest BCUT2D eigenvalue weighted by Gasteiger charge is 2.39. The van der Waals surface area contributed by atoms with E-state index in [-0.39, 0.29) is 5.78 Å². The van der Waals surface area contributed by atoms with Crippen LogP contribution in [0.15, 0.2) is 10.7 Å². The van der Waals surface area contributed by atoms with E-state index in [4.69, 9.17) is 0 Å². The Morgan fingerprint density at radius 1 is 1.35 bits per heavy atom. The van der Waals surface area contributed by atoms with E-state index in [1.807, 2.05) is 11.6 Å². The fourth-order valence-corrected chi connectivity index (χ4v) is 3.15. The van der Waals surface area contributed by atoms with Gasteiger partial charge < -0.3 is 0 Å². The molecule has 0 amide bonds. The van der Waals surface area contributed by atoms with Gasteiger partial charge in [0, 0.05) is 6.54 Å². The van der Waals surface area contributed by atoms with Gasteiger partial charge in [0.05, 0.1) is 16.2 Å². The fraction of sp³-hybridized carbons (Fsp3) is 0.733. The number of aryl methyl sites for hydroxylation is 1. The molecule has 4 nitrogen and oxygen atoms in total. The van der Waals surface area contributed by atoms with Gasteiger partial charge in [-0.3, -0.25) is 14.4 Å². The van der Waals surface area contributed by atoms with Crippen LogP contribution in [0.25, 0.3) is 0 Å². The van der Waals surface area contributed by atoms with Crippen LogP contribution in [-0.4, -0.2) is 39.1 Å². The summed E-state index contributed by atoms with van der Waals surface area (Å²) >= 11 is 3.48. The first-order valence-corrected chi connectivity index (χ1v) is 8.26. The number of hydrogen-bond acceptors (Lipinski definition) is 3. The summed E-state index contributed by atoms with van der Waals surface area (Å²) < 4.78 is 2.62. The van der Waals surface area contributed by atoms with Gasteiger partial charge in [-0.15, -0.1) is 0 Å². The van der Waals surface area contributed by atoms with Crippen molar-refractivity contribution in [1.82, 2.24) is 14.7 Å². The zero-order valence-corrected chi connectivity index (χ0v) is 14.8. The van der Waals surface area contributed by atoms with E-state index in [2.05, 4.69) is 53.6 Å². The van der Waals surface area contributed by atoms with Crippen LogP contribution in [0.3, 0.4) is 0 Å². The van der Waals surface area contributed by atoms with E-state index in [0.29, 0.717) is 5.69 Å². The maximum atomic E-state index is 13.1. The molecule has 0 aliphatic rings. The van der Waals surface area contributed by atoms with Crippen molar-refractivity contribution in [3.63, 3.8) is 0 Å². The zero-order valence-electron chi connectivity index (χ0n) is 13.2. The number of aromatic nitrogens is 2. The van der Waals surface area contributed by atoms with Crippen molar-refractivity contribution >= 4 is 21.7 Å². The first kappa shape index (κ1) is 17.4. The van der Waals surface area contributed by atoms with Crippen molar-refractivity contribution < 1.29 is 4.79 Å². The largest absolute Gasteiger partial charge is 0.291 e. The smallest absolute Gasteiger partial charge is 0.201 e. The number of ketones is 1. The van der Waals surface area contributed by atoms with Crippen molar-refractivity contribution in [1.29, 1.82) is 0 Å². The quantitative estimate of drug-likeness (QED) is 0.674. The van der Waals surface area contributed by atoms with Crippen LogP contribution in [0.5, 0.6) is 0 Å². The van der Waals surface area contributed by atoms with Crippen molar-refractivity contribution in [2.75, 3.05) is 13.1 Å². The van der Waals surface area contributed by atoms with Crippen LogP contribution in [0, 0.1) is 0 Å². The molecule has 1 unspecified atom stereocenters. The Kier molecular flexibility index (Phi) is 6.40. The Bertz CT molecular complexity index is 454. The highest BCUT2D eigenvalue weighted by molar-refractivity contribution is 9.10. The lowest BCUT2D eigenvalue weighted by Gasteiger charge is -2.38. The lowest BCUT2D eigenvalue weighted by atomic mass is 9.88. The molecule has 20 heavy (non-hydrogen) atoms. The van der Waals surface area contributed by atoms with E-state index in [9.17, 15) is 4.79 Å². The molecule has 0 N–H and O–H groups in total. The first-order valence-electron chi connectivity index (χ1n) is 7.47. The Morgan fingerprint density at radius 2 is 1.95 bits per heavy atom. The van der Waals surface area contributed by atoms with Gasteiger partial charge in [0.1, 0.15) is 5.69 Å². The molecule has 1 aromatic heterocycles. The normalized spacial score (nSPS) is 14.6. The summed E-state index contributed by atoms with van der Waals surface area (Å²) in [6.45, 7) is 12.9. The van der Waals surface area contributed by atoms with E-state index in [0.717, 1.165) is 36.9 Å². The minimum absolute atomic E-state index is 0.154. The summed E-state index contributed by atoms with van der Waals surface area (Å²) in [5.74, 6) is 0.154. The maximum absolute atomic E-state index is 13.1. The maximum Gasteiger partial charge on any atom is 0.201 e. The Balaban J connectivity index is 3.23. The fourth-order valence-electron chi connectivity index (χ4n) is 2.67. The van der Waals surface area contributed by atoms with E-state index < -0.39 is 5.54 Å². The van der Waals surface area contributed by atoms with Crippen LogP contribution in [0.1, 0.15) is 57.9 Å². The van der Waals surface area contributed by atoms with Crippen LogP contribution in [-0.2, 0) is 6.54 Å². The molecule has 0 aliphatic carbocycles. The lowest BCUT2D eigenvalue weighted by molar-refractivity contribution is 0.0595. The molecular weight excluding hydrogens is 318 g/mol. The molecule has 1 heterocycles. The molecule has 0 aromatic carbocycles. The lowest BCUT2D eigenvalue weighted by Crippen LogP contribution is -2.52. The second-order valence-electron chi connectivity index (χ2n) is 5.19. The van der Waals surface area contributed by atoms with Gasteiger partial charge >= 0.3 is 0 Å². The van der Waals surface area contributed by atoms with Crippen molar-refractivity contribution in [3.05, 3.63) is 16.4 Å². The molecule has 0 saturated heterocycles. The van der Waals surface area contributed by atoms with Crippen molar-refractivity contribution in [2.24, 2.45) is 0 Å². The molecule has 1 rings (SSSR count). The standard InChI is InChI=1S/C15H26BrN3O/c1-6-10-19-13(12(16)11-17-19)14(20)15(5,7-2)18(8-3)9-4/h11H,6-10H2,1-5H3. The molecule has 1 aromatic rings. The molecule has 0 bridgehead atoms. The van der Waals surface area contributed by atoms with E-state index in [1.165, 1.54) is 0 Å². The second-order valence-corrected chi connectivity index (χ2v) is 6.05. The van der Waals surface area contributed by atoms with Gasteiger partial charge in [-0.05, 0) is 48.8 Å². The molecule has 0 radical (unpaired) electrons. The number of rotatable bonds is 8. The average molecular weight is 344 g/mol. The monoisotopic (exact) mass is 343 g/mol. The van der Waals surface area contributed by atoms with Crippen LogP contribution in [0.4, 0.5) is 0 Å². The molecule has 1 atom stereocenters. The SMILES string of the molecule is CCCn1ncc(Br)c1C(=O)C(C)(CC)N(CC)CC. The van der Waals surface area contributed by atoms with Crippen molar-refractivity contribution in [2.45, 2.75) is 59.5 Å². The molecule has 0 fully saturated rings. The van der Waals surface area contributed by atoms with Crippen LogP contribution < -0.4 is 0 Å². The minimum Gasteiger partial charge on any atom is -0.291 e. The first-order chi connectivity index (χ1) is 9.46. The van der Waals surface area contributed by atoms with E-state index >= 15 is 0 Å². The highest BCUT2D eigenvalue weighted by Crippen LogP contribution is 2.28. The van der Waals surface area contributed by atoms with E-state index in [1.54, 1.807) is 6.20 Å². The number of hydrogen-bond donors (Lipinski definition) is 0. The summed E-state index contributed by atoms with van der Waals surface area (Å²) in [6.07, 6.45) is 3.47. The van der Waals surface area contributed by atoms with Crippen LogP contribution >= 0.6 is 15.9 Å². The number of likely N-dealkylation sites (N-methyl/N-ethyl adjacent to an activating group) is 1. The van der Waals surface area contributed by atoms with Crippen molar-refractivity contribution in [3.8, 4) is 0 Å². The minimum atomic E-state index is -0.475. The molecule has 0 spiro atoms. The van der Waals surface area contributed by atoms with Gasteiger partial charge in [-0.2, -0.15) is 5.10 Å². The Labute approximate surface area is 130 Å². The van der Waals surface area contributed by atoms with Gasteiger partial charge in [-0.25, -0.2) is 0 Å². The molecular formula is C15H26BrN3O. The number of nitrogens with zero attached hydrogens (tertiary/aromatic N) is 3. The number of Topliss-reactive ketones (excluding diaryl/α,β-unsaturated/α-hetero) is 1. The number of carbonyl (C=O) groups is 1. The summed E-state index contributed by atoms with van der Waals surface area (Å²) in [6, 6.07) is 0. The van der Waals surface area contributed by atoms with Gasteiger partial charge in [0.15, 0.2) is 0 Å². The average Bonchev–Trinajstić information content (AvgIpc) is 2.80. The summed E-state index contributed by atoms with van der Waals surface area (Å²) in [5, 5.41) is 4.32. The predicted molar refractivity (Wildman–Crippen MR) is 86.2 cm³/mol. The summed E-state index contributed by atoms with van der Waals surface area (Å²) in [7, 11) is 0. The second kappa shape index (κ2) is 7.36. The van der Waals surface area contributed by atoms with Gasteiger partial charge in [-0.1, -0.05) is 27.7 Å². The van der Waals surface area contributed by atoms with Gasteiger partial charge in [0.25, 0.3) is 0 Å². The third-order valence-electron chi connectivity index (χ3n) is 4.08. The summed E-state index contributed by atoms with van der Waals surface area (Å²) in [4.78, 5) is 15.3. The highest BCUT2D eigenvalue weighted by atomic mass is 79.9. The molecule has 5 heteroatoms. The topological polar surface area (TPSA) is 38.1 Å². The third kappa shape index (κ3) is 3.14. The molecule has 114 valence electrons. The molecule has 0 saturated carbocycles.